The normalized spacial score (nSPS) is 31.7. The molecule has 26 heavy (non-hydrogen) atoms. The predicted molar refractivity (Wildman–Crippen MR) is 111 cm³/mol. The molecule has 0 aliphatic carbocycles. The number of rotatable bonds is 4. The van der Waals surface area contributed by atoms with Crippen molar-refractivity contribution in [1.82, 2.24) is 9.80 Å². The van der Waals surface area contributed by atoms with Gasteiger partial charge in [-0.3, -0.25) is 9.80 Å². The van der Waals surface area contributed by atoms with Crippen molar-refractivity contribution >= 4 is 10.9 Å². The minimum atomic E-state index is 0.665. The fourth-order valence-electron chi connectivity index (χ4n) is 5.28. The van der Waals surface area contributed by atoms with Crippen molar-refractivity contribution < 1.29 is 0 Å². The van der Waals surface area contributed by atoms with Gasteiger partial charge in [0.1, 0.15) is 16.8 Å². The molecule has 4 atom stereocenters. The first-order valence-electron chi connectivity index (χ1n) is 10.1. The molecule has 0 aromatic heterocycles. The second-order valence-electron chi connectivity index (χ2n) is 8.11. The zero-order valence-electron chi connectivity index (χ0n) is 15.5. The van der Waals surface area contributed by atoms with Gasteiger partial charge in [-0.15, -0.1) is 0 Å². The first-order chi connectivity index (χ1) is 12.9. The van der Waals surface area contributed by atoms with Crippen molar-refractivity contribution in [3.8, 4) is 0 Å². The van der Waals surface area contributed by atoms with Crippen LogP contribution in [0.5, 0.6) is 0 Å². The average Bonchev–Trinajstić information content (AvgIpc) is 3.22. The quantitative estimate of drug-likeness (QED) is 0.759. The van der Waals surface area contributed by atoms with Crippen molar-refractivity contribution in [2.45, 2.75) is 49.7 Å². The van der Waals surface area contributed by atoms with Crippen LogP contribution in [0.1, 0.15) is 30.4 Å². The summed E-state index contributed by atoms with van der Waals surface area (Å²) >= 11 is 0. The van der Waals surface area contributed by atoms with Crippen LogP contribution in [-0.4, -0.2) is 45.3 Å². The molecule has 5 rings (SSSR count). The van der Waals surface area contributed by atoms with Crippen LogP contribution in [0.15, 0.2) is 60.7 Å². The number of hydrogen-bond donors (Lipinski definition) is 0. The number of benzene rings is 2. The topological polar surface area (TPSA) is 6.48 Å². The maximum atomic E-state index is 2.81. The van der Waals surface area contributed by atoms with E-state index < -0.39 is 0 Å². The van der Waals surface area contributed by atoms with Gasteiger partial charge in [0.15, 0.2) is 0 Å². The molecule has 0 N–H and O–H groups in total. The van der Waals surface area contributed by atoms with E-state index in [4.69, 9.17) is 0 Å². The monoisotopic (exact) mass is 365 g/mol. The molecule has 2 unspecified atom stereocenters. The molecule has 0 radical (unpaired) electrons. The highest BCUT2D eigenvalue weighted by Crippen LogP contribution is 2.41. The summed E-state index contributed by atoms with van der Waals surface area (Å²) in [4.78, 5) is 5.60. The summed E-state index contributed by atoms with van der Waals surface area (Å²) in [5, 5.41) is 0.957. The Balaban J connectivity index is 1.39. The molecule has 3 saturated heterocycles. The van der Waals surface area contributed by atoms with Gasteiger partial charge in [0.2, 0.25) is 0 Å². The average molecular weight is 366 g/mol. The van der Waals surface area contributed by atoms with Crippen LogP contribution in [0.2, 0.25) is 0 Å². The minimum Gasteiger partial charge on any atom is -0.277 e. The molecule has 3 aliphatic heterocycles. The van der Waals surface area contributed by atoms with E-state index in [1.54, 1.807) is 0 Å². The molecule has 3 aliphatic rings. The van der Waals surface area contributed by atoms with E-state index in [0.717, 1.165) is 37.1 Å². The maximum absolute atomic E-state index is 2.81. The number of nitrogens with zero attached hydrogens (tertiary/aromatic N) is 2. The SMILES string of the molecule is c1ccc(CN2CN(Cc3ccccc3)[C@H]3C[S+]4CCCCC4[C@H]32)cc1. The van der Waals surface area contributed by atoms with Crippen LogP contribution in [0.4, 0.5) is 0 Å². The third-order valence-corrected chi connectivity index (χ3v) is 9.40. The predicted octanol–water partition coefficient (Wildman–Crippen LogP) is 3.88. The van der Waals surface area contributed by atoms with Crippen LogP contribution in [0.3, 0.4) is 0 Å². The first kappa shape index (κ1) is 16.9. The van der Waals surface area contributed by atoms with Crippen molar-refractivity contribution in [3.05, 3.63) is 71.8 Å². The third kappa shape index (κ3) is 3.21. The van der Waals surface area contributed by atoms with Gasteiger partial charge in [-0.25, -0.2) is 0 Å². The lowest BCUT2D eigenvalue weighted by molar-refractivity contribution is 0.203. The summed E-state index contributed by atoms with van der Waals surface area (Å²) in [7, 11) is 0.665. The van der Waals surface area contributed by atoms with Crippen LogP contribution >= 0.6 is 0 Å². The Hall–Kier alpha value is -1.29. The molecule has 3 heteroatoms. The van der Waals surface area contributed by atoms with Gasteiger partial charge in [0, 0.05) is 13.1 Å². The van der Waals surface area contributed by atoms with E-state index in [1.165, 1.54) is 41.9 Å². The summed E-state index contributed by atoms with van der Waals surface area (Å²) in [5.41, 5.74) is 2.93. The zero-order valence-corrected chi connectivity index (χ0v) is 16.3. The summed E-state index contributed by atoms with van der Waals surface area (Å²) in [6.07, 6.45) is 4.39. The van der Waals surface area contributed by atoms with E-state index in [0.29, 0.717) is 10.9 Å². The Kier molecular flexibility index (Phi) is 4.78. The highest BCUT2D eigenvalue weighted by molar-refractivity contribution is 7.97. The molecule has 3 heterocycles. The zero-order chi connectivity index (χ0) is 17.3. The molecule has 0 bridgehead atoms. The van der Waals surface area contributed by atoms with Crippen LogP contribution < -0.4 is 0 Å². The van der Waals surface area contributed by atoms with Crippen LogP contribution in [0.25, 0.3) is 0 Å². The Bertz CT molecular complexity index is 720. The molecule has 136 valence electrons. The summed E-state index contributed by atoms with van der Waals surface area (Å²) in [6.45, 7) is 3.35. The van der Waals surface area contributed by atoms with Gasteiger partial charge in [-0.2, -0.15) is 0 Å². The third-order valence-electron chi connectivity index (χ3n) is 6.44. The molecule has 0 spiro atoms. The van der Waals surface area contributed by atoms with E-state index in [2.05, 4.69) is 70.5 Å². The second kappa shape index (κ2) is 7.38. The Morgan fingerprint density at radius 1 is 0.808 bits per heavy atom. The van der Waals surface area contributed by atoms with E-state index >= 15 is 0 Å². The minimum absolute atomic E-state index is 0.665. The van der Waals surface area contributed by atoms with Gasteiger partial charge in [-0.05, 0) is 41.3 Å². The fourth-order valence-corrected chi connectivity index (χ4v) is 8.67. The van der Waals surface area contributed by atoms with Gasteiger partial charge >= 0.3 is 0 Å². The second-order valence-corrected chi connectivity index (χ2v) is 10.5. The highest BCUT2D eigenvalue weighted by atomic mass is 32.2. The van der Waals surface area contributed by atoms with Crippen molar-refractivity contribution in [1.29, 1.82) is 0 Å². The van der Waals surface area contributed by atoms with Gasteiger partial charge < -0.3 is 0 Å². The van der Waals surface area contributed by atoms with Crippen molar-refractivity contribution in [3.63, 3.8) is 0 Å². The molecular weight excluding hydrogens is 336 g/mol. The molecule has 2 nitrogen and oxygen atoms in total. The lowest BCUT2D eigenvalue weighted by Gasteiger charge is -2.28. The largest absolute Gasteiger partial charge is 0.277 e. The fraction of sp³-hybridized carbons (Fsp3) is 0.478. The van der Waals surface area contributed by atoms with Gasteiger partial charge in [0.25, 0.3) is 0 Å². The standard InChI is InChI=1S/C23H29N2S/c1-3-9-19(10-4-1)15-24-18-25(16-20-11-5-2-6-12-20)23-21(24)17-26-14-8-7-13-22(23)26/h1-6,9-12,21-23H,7-8,13-18H2/q+1/t21-,22?,23-,26?/m0/s1. The summed E-state index contributed by atoms with van der Waals surface area (Å²) in [6, 6.07) is 23.7. The number of hydrogen-bond acceptors (Lipinski definition) is 2. The molecule has 0 saturated carbocycles. The molecule has 2 aromatic rings. The first-order valence-corrected chi connectivity index (χ1v) is 11.7. The molecular formula is C23H29N2S+. The van der Waals surface area contributed by atoms with Crippen LogP contribution in [0, 0.1) is 0 Å². The van der Waals surface area contributed by atoms with Gasteiger partial charge in [-0.1, -0.05) is 60.7 Å². The van der Waals surface area contributed by atoms with E-state index in [9.17, 15) is 0 Å². The van der Waals surface area contributed by atoms with Crippen LogP contribution in [-0.2, 0) is 24.0 Å². The maximum Gasteiger partial charge on any atom is 0.135 e. The molecule has 0 amide bonds. The van der Waals surface area contributed by atoms with Crippen molar-refractivity contribution in [2.75, 3.05) is 18.2 Å². The lowest BCUT2D eigenvalue weighted by atomic mass is 10.0. The molecule has 2 aromatic carbocycles. The molecule has 3 fully saturated rings. The smallest absolute Gasteiger partial charge is 0.135 e. The van der Waals surface area contributed by atoms with E-state index in [1.807, 2.05) is 0 Å². The Morgan fingerprint density at radius 3 is 2.15 bits per heavy atom. The van der Waals surface area contributed by atoms with Gasteiger partial charge in [0.05, 0.1) is 18.8 Å². The summed E-state index contributed by atoms with van der Waals surface area (Å²) in [5.74, 6) is 2.95. The number of fused-ring (bicyclic) bond motifs is 3. The Labute approximate surface area is 160 Å². The lowest BCUT2D eigenvalue weighted by Crippen LogP contribution is -2.42. The van der Waals surface area contributed by atoms with E-state index in [-0.39, 0.29) is 0 Å². The highest BCUT2D eigenvalue weighted by Gasteiger charge is 2.58. The Morgan fingerprint density at radius 2 is 1.46 bits per heavy atom. The van der Waals surface area contributed by atoms with Crippen molar-refractivity contribution in [2.24, 2.45) is 0 Å². The summed E-state index contributed by atoms with van der Waals surface area (Å²) < 4.78 is 0.